The molecule has 28 heavy (non-hydrogen) atoms. The molecule has 4 nitrogen and oxygen atoms in total. The Kier molecular flexibility index (Phi) is 10.8. The van der Waals surface area contributed by atoms with E-state index in [0.717, 1.165) is 38.9 Å². The predicted octanol–water partition coefficient (Wildman–Crippen LogP) is 4.59. The van der Waals surface area contributed by atoms with Crippen molar-refractivity contribution in [1.29, 1.82) is 0 Å². The van der Waals surface area contributed by atoms with Crippen LogP contribution >= 0.6 is 0 Å². The van der Waals surface area contributed by atoms with Crippen molar-refractivity contribution >= 4 is 0 Å². The van der Waals surface area contributed by atoms with E-state index in [1.54, 1.807) is 0 Å². The van der Waals surface area contributed by atoms with Crippen LogP contribution in [0.1, 0.15) is 25.7 Å². The lowest BCUT2D eigenvalue weighted by molar-refractivity contribution is -0.125. The van der Waals surface area contributed by atoms with Crippen molar-refractivity contribution < 1.29 is 18.9 Å². The van der Waals surface area contributed by atoms with Crippen LogP contribution in [0.25, 0.3) is 0 Å². The molecule has 0 bridgehead atoms. The molecule has 2 saturated carbocycles. The highest BCUT2D eigenvalue weighted by molar-refractivity contribution is 4.95. The van der Waals surface area contributed by atoms with Gasteiger partial charge in [-0.2, -0.15) is 0 Å². The van der Waals surface area contributed by atoms with E-state index < -0.39 is 0 Å². The molecular weight excluding hydrogens is 352 g/mol. The summed E-state index contributed by atoms with van der Waals surface area (Å²) < 4.78 is 23.8. The molecule has 0 saturated heterocycles. The Labute approximate surface area is 171 Å². The van der Waals surface area contributed by atoms with Crippen LogP contribution < -0.4 is 0 Å². The summed E-state index contributed by atoms with van der Waals surface area (Å²) in [5, 5.41) is 0. The monoisotopic (exact) mass is 390 g/mol. The summed E-state index contributed by atoms with van der Waals surface area (Å²) in [6.07, 6.45) is 11.9. The van der Waals surface area contributed by atoms with E-state index in [0.29, 0.717) is 50.1 Å². The molecule has 2 rings (SSSR count). The third-order valence-corrected chi connectivity index (χ3v) is 6.02. The van der Waals surface area contributed by atoms with Crippen LogP contribution in [0.4, 0.5) is 0 Å². The molecule has 0 spiro atoms. The van der Waals surface area contributed by atoms with Crippen molar-refractivity contribution in [3.63, 3.8) is 0 Å². The van der Waals surface area contributed by atoms with Gasteiger partial charge in [-0.25, -0.2) is 0 Å². The zero-order valence-electron chi connectivity index (χ0n) is 17.3. The number of fused-ring (bicyclic) bond motifs is 1. The Balaban J connectivity index is 2.03. The Hall–Kier alpha value is -1.20. The minimum absolute atomic E-state index is 0.127. The van der Waals surface area contributed by atoms with Gasteiger partial charge in [-0.1, -0.05) is 24.3 Å². The van der Waals surface area contributed by atoms with Gasteiger partial charge >= 0.3 is 0 Å². The number of hydrogen-bond donors (Lipinski definition) is 0. The van der Waals surface area contributed by atoms with Gasteiger partial charge in [-0.05, 0) is 49.4 Å². The minimum Gasteiger partial charge on any atom is -0.377 e. The second-order valence-corrected chi connectivity index (χ2v) is 7.96. The topological polar surface area (TPSA) is 36.9 Å². The van der Waals surface area contributed by atoms with Crippen LogP contribution in [0.5, 0.6) is 0 Å². The summed E-state index contributed by atoms with van der Waals surface area (Å²) in [5.74, 6) is 2.31. The average Bonchev–Trinajstić information content (AvgIpc) is 2.71. The van der Waals surface area contributed by atoms with Crippen LogP contribution in [0, 0.1) is 23.7 Å². The Morgan fingerprint density at radius 3 is 1.32 bits per heavy atom. The lowest BCUT2D eigenvalue weighted by Gasteiger charge is -2.48. The van der Waals surface area contributed by atoms with Crippen LogP contribution in [0.2, 0.25) is 0 Å². The van der Waals surface area contributed by atoms with Gasteiger partial charge in [-0.15, -0.1) is 26.3 Å². The van der Waals surface area contributed by atoms with Gasteiger partial charge in [0.1, 0.15) is 0 Å². The molecule has 4 heteroatoms. The summed E-state index contributed by atoms with van der Waals surface area (Å²) in [5.41, 5.74) is 0. The first-order valence-electron chi connectivity index (χ1n) is 10.6. The third kappa shape index (κ3) is 7.00. The van der Waals surface area contributed by atoms with Gasteiger partial charge in [0.2, 0.25) is 0 Å². The molecular formula is C24H38O4. The molecule has 2 aliphatic rings. The molecule has 0 radical (unpaired) electrons. The van der Waals surface area contributed by atoms with Crippen molar-refractivity contribution in [3.05, 3.63) is 50.6 Å². The fourth-order valence-corrected chi connectivity index (χ4v) is 4.77. The molecule has 0 aromatic heterocycles. The summed E-state index contributed by atoms with van der Waals surface area (Å²) >= 11 is 0. The molecule has 2 aliphatic carbocycles. The number of hydrogen-bond acceptors (Lipinski definition) is 4. The highest BCUT2D eigenvalue weighted by Crippen LogP contribution is 2.47. The molecule has 6 atom stereocenters. The Bertz CT molecular complexity index is 445. The normalized spacial score (nSPS) is 32.3. The summed E-state index contributed by atoms with van der Waals surface area (Å²) in [6, 6.07) is 0. The highest BCUT2D eigenvalue weighted by Gasteiger charge is 2.44. The molecule has 0 aliphatic heterocycles. The minimum atomic E-state index is 0.127. The summed E-state index contributed by atoms with van der Waals surface area (Å²) in [6.45, 7) is 19.0. The van der Waals surface area contributed by atoms with Gasteiger partial charge in [0, 0.05) is 0 Å². The highest BCUT2D eigenvalue weighted by atomic mass is 16.5. The SMILES string of the molecule is C=CCOC[C@H]1C[C@@H]2C[C@@H](OCC=C)[C@H](OCC=C)C[C@@H]2C[C@@H]1COCC=C. The van der Waals surface area contributed by atoms with Crippen LogP contribution in [-0.2, 0) is 18.9 Å². The first-order valence-corrected chi connectivity index (χ1v) is 10.6. The first kappa shape index (κ1) is 23.1. The Morgan fingerprint density at radius 2 is 0.964 bits per heavy atom. The van der Waals surface area contributed by atoms with Crippen molar-refractivity contribution in [2.45, 2.75) is 37.9 Å². The number of rotatable bonds is 14. The molecule has 0 unspecified atom stereocenters. The van der Waals surface area contributed by atoms with Crippen molar-refractivity contribution in [1.82, 2.24) is 0 Å². The second-order valence-electron chi connectivity index (χ2n) is 7.96. The van der Waals surface area contributed by atoms with E-state index in [-0.39, 0.29) is 12.2 Å². The number of ether oxygens (including phenoxy) is 4. The van der Waals surface area contributed by atoms with Crippen molar-refractivity contribution in [2.24, 2.45) is 23.7 Å². The van der Waals surface area contributed by atoms with Gasteiger partial charge in [0.05, 0.1) is 51.8 Å². The molecule has 2 fully saturated rings. The molecule has 0 amide bonds. The van der Waals surface area contributed by atoms with Crippen molar-refractivity contribution in [2.75, 3.05) is 39.6 Å². The van der Waals surface area contributed by atoms with Gasteiger partial charge < -0.3 is 18.9 Å². The van der Waals surface area contributed by atoms with E-state index in [2.05, 4.69) is 26.3 Å². The molecule has 0 aromatic carbocycles. The van der Waals surface area contributed by atoms with E-state index >= 15 is 0 Å². The summed E-state index contributed by atoms with van der Waals surface area (Å²) in [4.78, 5) is 0. The van der Waals surface area contributed by atoms with E-state index in [1.807, 2.05) is 24.3 Å². The Morgan fingerprint density at radius 1 is 0.571 bits per heavy atom. The molecule has 0 heterocycles. The first-order chi connectivity index (χ1) is 13.7. The largest absolute Gasteiger partial charge is 0.377 e. The predicted molar refractivity (Wildman–Crippen MR) is 114 cm³/mol. The van der Waals surface area contributed by atoms with Crippen LogP contribution in [-0.4, -0.2) is 51.8 Å². The van der Waals surface area contributed by atoms with Crippen LogP contribution in [0.15, 0.2) is 50.6 Å². The molecule has 0 aromatic rings. The van der Waals surface area contributed by atoms with E-state index in [9.17, 15) is 0 Å². The lowest BCUT2D eigenvalue weighted by atomic mass is 9.62. The van der Waals surface area contributed by atoms with Crippen molar-refractivity contribution in [3.8, 4) is 0 Å². The zero-order valence-corrected chi connectivity index (χ0v) is 17.3. The molecule has 0 N–H and O–H groups in total. The second kappa shape index (κ2) is 13.1. The zero-order chi connectivity index (χ0) is 20.2. The van der Waals surface area contributed by atoms with Crippen LogP contribution in [0.3, 0.4) is 0 Å². The maximum atomic E-state index is 6.07. The van der Waals surface area contributed by atoms with Gasteiger partial charge in [0.15, 0.2) is 0 Å². The standard InChI is InChI=1S/C24H38O4/c1-5-9-25-17-21-13-19-15-23(27-11-7-3)24(28-12-8-4)16-20(19)14-22(21)18-26-10-6-2/h5-8,19-24H,1-4,9-18H2/t19-,20+,21-,22-,23-,24-/m1/s1. The van der Waals surface area contributed by atoms with Gasteiger partial charge in [-0.3, -0.25) is 0 Å². The smallest absolute Gasteiger partial charge is 0.0843 e. The maximum absolute atomic E-state index is 6.07. The fraction of sp³-hybridized carbons (Fsp3) is 0.667. The van der Waals surface area contributed by atoms with E-state index in [4.69, 9.17) is 18.9 Å². The van der Waals surface area contributed by atoms with E-state index in [1.165, 1.54) is 0 Å². The quantitative estimate of drug-likeness (QED) is 0.321. The fourth-order valence-electron chi connectivity index (χ4n) is 4.77. The van der Waals surface area contributed by atoms with Gasteiger partial charge in [0.25, 0.3) is 0 Å². The maximum Gasteiger partial charge on any atom is 0.0843 e. The average molecular weight is 391 g/mol. The summed E-state index contributed by atoms with van der Waals surface area (Å²) in [7, 11) is 0. The third-order valence-electron chi connectivity index (χ3n) is 6.02. The lowest BCUT2D eigenvalue weighted by Crippen LogP contribution is -2.47. The molecule has 158 valence electrons.